The lowest BCUT2D eigenvalue weighted by molar-refractivity contribution is -0.354. The van der Waals surface area contributed by atoms with E-state index in [0.717, 1.165) is 0 Å². The minimum atomic E-state index is -1.86. The van der Waals surface area contributed by atoms with E-state index in [-0.39, 0.29) is 44.6 Å². The summed E-state index contributed by atoms with van der Waals surface area (Å²) in [4.78, 5) is 11.7. The smallest absolute Gasteiger partial charge is 0.347 e. The molecule has 124 valence electrons. The Labute approximate surface area is 125 Å². The van der Waals surface area contributed by atoms with Gasteiger partial charge < -0.3 is 28.8 Å². The molecular formula is C14H26O7. The van der Waals surface area contributed by atoms with Crippen molar-refractivity contribution in [2.24, 2.45) is 0 Å². The maximum absolute atomic E-state index is 11.7. The Morgan fingerprint density at radius 2 is 1.19 bits per heavy atom. The SMILES string of the molecule is CCOC(OCC)=C(C(=O)O)C(OCC)(OCC)OCC. The third-order valence-corrected chi connectivity index (χ3v) is 2.28. The lowest BCUT2D eigenvalue weighted by Gasteiger charge is -2.33. The van der Waals surface area contributed by atoms with E-state index >= 15 is 0 Å². The molecule has 0 aromatic carbocycles. The third-order valence-electron chi connectivity index (χ3n) is 2.28. The van der Waals surface area contributed by atoms with Gasteiger partial charge in [-0.15, -0.1) is 0 Å². The molecule has 0 unspecified atom stereocenters. The molecule has 7 nitrogen and oxygen atoms in total. The van der Waals surface area contributed by atoms with Gasteiger partial charge in [-0.1, -0.05) is 0 Å². The number of aliphatic carboxylic acids is 1. The summed E-state index contributed by atoms with van der Waals surface area (Å²) in [5.41, 5.74) is -0.336. The van der Waals surface area contributed by atoms with Crippen LogP contribution in [0, 0.1) is 0 Å². The summed E-state index contributed by atoms with van der Waals surface area (Å²) in [6, 6.07) is 0. The van der Waals surface area contributed by atoms with E-state index in [1.54, 1.807) is 34.6 Å². The number of hydrogen-bond donors (Lipinski definition) is 1. The minimum Gasteiger partial charge on any atom is -0.477 e. The van der Waals surface area contributed by atoms with Crippen LogP contribution in [-0.2, 0) is 28.5 Å². The van der Waals surface area contributed by atoms with Crippen molar-refractivity contribution in [2.75, 3.05) is 33.0 Å². The molecule has 21 heavy (non-hydrogen) atoms. The van der Waals surface area contributed by atoms with Gasteiger partial charge in [0.25, 0.3) is 5.95 Å². The second-order valence-electron chi connectivity index (χ2n) is 3.69. The monoisotopic (exact) mass is 306 g/mol. The largest absolute Gasteiger partial charge is 0.477 e. The van der Waals surface area contributed by atoms with Crippen LogP contribution in [0.25, 0.3) is 0 Å². The number of hydrogen-bond acceptors (Lipinski definition) is 6. The maximum atomic E-state index is 11.7. The minimum absolute atomic E-state index is 0.164. The first-order valence-corrected chi connectivity index (χ1v) is 7.18. The molecule has 1 N–H and O–H groups in total. The van der Waals surface area contributed by atoms with Gasteiger partial charge in [-0.3, -0.25) is 0 Å². The van der Waals surface area contributed by atoms with Crippen molar-refractivity contribution >= 4 is 5.97 Å². The highest BCUT2D eigenvalue weighted by atomic mass is 16.9. The lowest BCUT2D eigenvalue weighted by atomic mass is 10.2. The number of ether oxygens (including phenoxy) is 5. The van der Waals surface area contributed by atoms with Gasteiger partial charge in [-0.2, -0.15) is 0 Å². The Morgan fingerprint density at radius 3 is 1.43 bits per heavy atom. The van der Waals surface area contributed by atoms with Gasteiger partial charge in [0.2, 0.25) is 5.57 Å². The van der Waals surface area contributed by atoms with Crippen molar-refractivity contribution in [3.05, 3.63) is 11.5 Å². The summed E-state index contributed by atoms with van der Waals surface area (Å²) in [6.07, 6.45) is 0. The van der Waals surface area contributed by atoms with Crippen molar-refractivity contribution in [2.45, 2.75) is 40.6 Å². The molecule has 0 aromatic rings. The molecule has 0 radical (unpaired) electrons. The van der Waals surface area contributed by atoms with Crippen molar-refractivity contribution in [1.29, 1.82) is 0 Å². The Bertz CT molecular complexity index is 313. The molecule has 0 aliphatic carbocycles. The van der Waals surface area contributed by atoms with Crippen molar-refractivity contribution < 1.29 is 33.6 Å². The lowest BCUT2D eigenvalue weighted by Crippen LogP contribution is -2.45. The molecule has 0 amide bonds. The van der Waals surface area contributed by atoms with Crippen LogP contribution in [0.15, 0.2) is 11.5 Å². The van der Waals surface area contributed by atoms with E-state index in [9.17, 15) is 9.90 Å². The van der Waals surface area contributed by atoms with E-state index in [4.69, 9.17) is 23.7 Å². The van der Waals surface area contributed by atoms with E-state index in [0.29, 0.717) is 0 Å². The zero-order chi connectivity index (χ0) is 16.3. The average Bonchev–Trinajstić information content (AvgIpc) is 2.39. The maximum Gasteiger partial charge on any atom is 0.347 e. The fraction of sp³-hybridized carbons (Fsp3) is 0.786. The van der Waals surface area contributed by atoms with Crippen molar-refractivity contribution in [3.8, 4) is 0 Å². The molecule has 0 heterocycles. The van der Waals surface area contributed by atoms with Gasteiger partial charge in [0.05, 0.1) is 13.2 Å². The average molecular weight is 306 g/mol. The molecule has 0 saturated heterocycles. The van der Waals surface area contributed by atoms with Crippen LogP contribution in [0.5, 0.6) is 0 Å². The molecule has 0 aliphatic heterocycles. The Balaban J connectivity index is 5.98. The number of carbonyl (C=O) groups is 1. The van der Waals surface area contributed by atoms with Crippen LogP contribution in [0.3, 0.4) is 0 Å². The van der Waals surface area contributed by atoms with Gasteiger partial charge in [-0.25, -0.2) is 4.79 Å². The van der Waals surface area contributed by atoms with Crippen LogP contribution in [0.1, 0.15) is 34.6 Å². The van der Waals surface area contributed by atoms with Gasteiger partial charge in [0, 0.05) is 19.8 Å². The highest BCUT2D eigenvalue weighted by Gasteiger charge is 2.46. The zero-order valence-corrected chi connectivity index (χ0v) is 13.4. The summed E-state index contributed by atoms with van der Waals surface area (Å²) in [6.45, 7) is 9.67. The van der Waals surface area contributed by atoms with E-state index < -0.39 is 11.9 Å². The van der Waals surface area contributed by atoms with Crippen LogP contribution in [-0.4, -0.2) is 50.1 Å². The molecular weight excluding hydrogens is 280 g/mol. The molecule has 7 heteroatoms. The van der Waals surface area contributed by atoms with Crippen LogP contribution in [0.4, 0.5) is 0 Å². The highest BCUT2D eigenvalue weighted by Crippen LogP contribution is 2.29. The Kier molecular flexibility index (Phi) is 9.77. The first-order chi connectivity index (χ1) is 10.0. The normalized spacial score (nSPS) is 11.1. The predicted octanol–water partition coefficient (Wildman–Crippen LogP) is 2.12. The molecule has 0 atom stereocenters. The highest BCUT2D eigenvalue weighted by molar-refractivity contribution is 5.88. The molecule has 0 bridgehead atoms. The fourth-order valence-corrected chi connectivity index (χ4v) is 1.70. The van der Waals surface area contributed by atoms with Gasteiger partial charge >= 0.3 is 11.9 Å². The molecule has 0 spiro atoms. The standard InChI is InChI=1S/C14H26O7/c1-6-17-13(18-7-2)11(12(15)16)14(19-8-3,20-9-4)21-10-5/h6-10H2,1-5H3,(H,15,16). The second-order valence-corrected chi connectivity index (χ2v) is 3.69. The Morgan fingerprint density at radius 1 is 0.810 bits per heavy atom. The van der Waals surface area contributed by atoms with Crippen molar-refractivity contribution in [1.82, 2.24) is 0 Å². The van der Waals surface area contributed by atoms with Crippen LogP contribution < -0.4 is 0 Å². The third kappa shape index (κ3) is 5.53. The number of carboxylic acid groups (broad SMARTS) is 1. The Hall–Kier alpha value is -1.31. The summed E-state index contributed by atoms with van der Waals surface area (Å²) < 4.78 is 27.0. The molecule has 0 aliphatic rings. The first-order valence-electron chi connectivity index (χ1n) is 7.18. The quantitative estimate of drug-likeness (QED) is 0.336. The van der Waals surface area contributed by atoms with E-state index in [2.05, 4.69) is 0 Å². The topological polar surface area (TPSA) is 83.5 Å². The first kappa shape index (κ1) is 19.7. The van der Waals surface area contributed by atoms with Crippen molar-refractivity contribution in [3.63, 3.8) is 0 Å². The molecule has 0 aromatic heterocycles. The second kappa shape index (κ2) is 10.4. The predicted molar refractivity (Wildman–Crippen MR) is 75.5 cm³/mol. The van der Waals surface area contributed by atoms with Gasteiger partial charge in [-0.05, 0) is 34.6 Å². The summed E-state index contributed by atoms with van der Waals surface area (Å²) >= 11 is 0. The van der Waals surface area contributed by atoms with Gasteiger partial charge in [0.1, 0.15) is 0 Å². The van der Waals surface area contributed by atoms with Crippen LogP contribution in [0.2, 0.25) is 0 Å². The summed E-state index contributed by atoms with van der Waals surface area (Å²) in [5.74, 6) is -3.31. The number of carboxylic acids is 1. The molecule has 0 saturated carbocycles. The van der Waals surface area contributed by atoms with Crippen LogP contribution >= 0.6 is 0 Å². The number of rotatable bonds is 12. The summed E-state index contributed by atoms with van der Waals surface area (Å²) in [5, 5.41) is 9.55. The van der Waals surface area contributed by atoms with E-state index in [1.807, 2.05) is 0 Å². The zero-order valence-electron chi connectivity index (χ0n) is 13.4. The fourth-order valence-electron chi connectivity index (χ4n) is 1.70. The summed E-state index contributed by atoms with van der Waals surface area (Å²) in [7, 11) is 0. The van der Waals surface area contributed by atoms with E-state index in [1.165, 1.54) is 0 Å². The molecule has 0 fully saturated rings. The molecule has 0 rings (SSSR count). The van der Waals surface area contributed by atoms with Gasteiger partial charge in [0.15, 0.2) is 0 Å².